The Labute approximate surface area is 108 Å². The maximum absolute atomic E-state index is 5.94. The maximum atomic E-state index is 5.94. The van der Waals surface area contributed by atoms with Crippen LogP contribution in [-0.4, -0.2) is 10.2 Å². The Morgan fingerprint density at radius 1 is 1.33 bits per heavy atom. The second-order valence-corrected chi connectivity index (χ2v) is 5.12. The zero-order valence-corrected chi connectivity index (χ0v) is 10.8. The molecule has 0 radical (unpaired) electrons. The second-order valence-electron chi connectivity index (χ2n) is 4.11. The van der Waals surface area contributed by atoms with Gasteiger partial charge in [-0.2, -0.15) is 0 Å². The molecule has 0 bridgehead atoms. The summed E-state index contributed by atoms with van der Waals surface area (Å²) in [7, 11) is 0. The Bertz CT molecular complexity index is 640. The summed E-state index contributed by atoms with van der Waals surface area (Å²) >= 11 is 1.49. The summed E-state index contributed by atoms with van der Waals surface area (Å²) < 4.78 is 5.75. The molecule has 0 spiro atoms. The van der Waals surface area contributed by atoms with Gasteiger partial charge in [-0.3, -0.25) is 0 Å². The molecule has 0 aliphatic carbocycles. The van der Waals surface area contributed by atoms with Crippen LogP contribution in [0.2, 0.25) is 0 Å². The van der Waals surface area contributed by atoms with Crippen LogP contribution in [-0.2, 0) is 0 Å². The molecule has 3 aromatic rings. The molecule has 2 aromatic heterocycles. The monoisotopic (exact) mass is 259 g/mol. The van der Waals surface area contributed by atoms with Crippen molar-refractivity contribution in [1.82, 2.24) is 10.2 Å². The average molecular weight is 259 g/mol. The minimum atomic E-state index is -0.0411. The molecule has 1 unspecified atom stereocenters. The third-order valence-electron chi connectivity index (χ3n) is 2.83. The Morgan fingerprint density at radius 3 is 2.94 bits per heavy atom. The Hall–Kier alpha value is -1.72. The lowest BCUT2D eigenvalue weighted by atomic mass is 10.2. The van der Waals surface area contributed by atoms with Crippen LogP contribution in [0.3, 0.4) is 0 Å². The number of fused-ring (bicyclic) bond motifs is 1. The van der Waals surface area contributed by atoms with Crippen molar-refractivity contribution >= 4 is 22.3 Å². The SMILES string of the molecule is CCC(N)c1nnc(-c2cc3ccccc3o2)s1. The van der Waals surface area contributed by atoms with Gasteiger partial charge in [-0.15, -0.1) is 10.2 Å². The number of furan rings is 1. The first-order chi connectivity index (χ1) is 8.78. The molecule has 1 aromatic carbocycles. The molecule has 1 atom stereocenters. The van der Waals surface area contributed by atoms with Gasteiger partial charge < -0.3 is 10.2 Å². The summed E-state index contributed by atoms with van der Waals surface area (Å²) in [5.74, 6) is 0.753. The van der Waals surface area contributed by atoms with Gasteiger partial charge in [0, 0.05) is 5.39 Å². The first-order valence-corrected chi connectivity index (χ1v) is 6.67. The molecular weight excluding hydrogens is 246 g/mol. The zero-order valence-electron chi connectivity index (χ0n) is 9.96. The van der Waals surface area contributed by atoms with Gasteiger partial charge in [-0.05, 0) is 18.6 Å². The van der Waals surface area contributed by atoms with Crippen molar-refractivity contribution in [3.05, 3.63) is 35.3 Å². The van der Waals surface area contributed by atoms with Gasteiger partial charge in [0.1, 0.15) is 10.6 Å². The van der Waals surface area contributed by atoms with Crippen LogP contribution in [0.4, 0.5) is 0 Å². The smallest absolute Gasteiger partial charge is 0.183 e. The largest absolute Gasteiger partial charge is 0.453 e. The molecule has 92 valence electrons. The van der Waals surface area contributed by atoms with Gasteiger partial charge in [-0.25, -0.2) is 0 Å². The lowest BCUT2D eigenvalue weighted by Gasteiger charge is -2.00. The van der Waals surface area contributed by atoms with Gasteiger partial charge in [0.15, 0.2) is 10.8 Å². The second kappa shape index (κ2) is 4.51. The van der Waals surface area contributed by atoms with Crippen LogP contribution in [0.15, 0.2) is 34.7 Å². The van der Waals surface area contributed by atoms with Crippen LogP contribution in [0, 0.1) is 0 Å². The minimum Gasteiger partial charge on any atom is -0.453 e. The topological polar surface area (TPSA) is 64.9 Å². The average Bonchev–Trinajstić information content (AvgIpc) is 3.03. The summed E-state index contributed by atoms with van der Waals surface area (Å²) in [5, 5.41) is 11.0. The third-order valence-corrected chi connectivity index (χ3v) is 3.90. The van der Waals surface area contributed by atoms with E-state index in [1.807, 2.05) is 37.3 Å². The van der Waals surface area contributed by atoms with Crippen molar-refractivity contribution in [3.63, 3.8) is 0 Å². The van der Waals surface area contributed by atoms with E-state index < -0.39 is 0 Å². The lowest BCUT2D eigenvalue weighted by Crippen LogP contribution is -2.07. The van der Waals surface area contributed by atoms with E-state index in [0.29, 0.717) is 0 Å². The van der Waals surface area contributed by atoms with E-state index in [1.54, 1.807) is 0 Å². The first kappa shape index (κ1) is 11.4. The zero-order chi connectivity index (χ0) is 12.5. The highest BCUT2D eigenvalue weighted by molar-refractivity contribution is 7.14. The van der Waals surface area contributed by atoms with Crippen LogP contribution in [0.1, 0.15) is 24.4 Å². The van der Waals surface area contributed by atoms with Crippen LogP contribution < -0.4 is 5.73 Å². The fourth-order valence-electron chi connectivity index (χ4n) is 1.75. The van der Waals surface area contributed by atoms with Gasteiger partial charge in [0.05, 0.1) is 6.04 Å². The molecule has 0 aliphatic rings. The number of aromatic nitrogens is 2. The fourth-order valence-corrected chi connectivity index (χ4v) is 2.63. The molecule has 2 heterocycles. The molecule has 0 saturated heterocycles. The van der Waals surface area contributed by atoms with Crippen LogP contribution >= 0.6 is 11.3 Å². The number of rotatable bonds is 3. The van der Waals surface area contributed by atoms with Crippen LogP contribution in [0.25, 0.3) is 21.7 Å². The molecular formula is C13H13N3OS. The fraction of sp³-hybridized carbons (Fsp3) is 0.231. The van der Waals surface area contributed by atoms with E-state index >= 15 is 0 Å². The maximum Gasteiger partial charge on any atom is 0.183 e. The lowest BCUT2D eigenvalue weighted by molar-refractivity contribution is 0.629. The number of para-hydroxylation sites is 1. The highest BCUT2D eigenvalue weighted by Gasteiger charge is 2.14. The Balaban J connectivity index is 2.01. The highest BCUT2D eigenvalue weighted by Crippen LogP contribution is 2.31. The Morgan fingerprint density at radius 2 is 2.17 bits per heavy atom. The van der Waals surface area contributed by atoms with E-state index in [-0.39, 0.29) is 6.04 Å². The summed E-state index contributed by atoms with van der Waals surface area (Å²) in [5.41, 5.74) is 6.80. The number of hydrogen-bond donors (Lipinski definition) is 1. The van der Waals surface area contributed by atoms with Gasteiger partial charge in [-0.1, -0.05) is 36.5 Å². The standard InChI is InChI=1S/C13H13N3OS/c1-2-9(14)12-15-16-13(18-12)11-7-8-5-3-4-6-10(8)17-11/h3-7,9H,2,14H2,1H3. The quantitative estimate of drug-likeness (QED) is 0.783. The first-order valence-electron chi connectivity index (χ1n) is 5.86. The predicted molar refractivity (Wildman–Crippen MR) is 72.3 cm³/mol. The molecule has 18 heavy (non-hydrogen) atoms. The van der Waals surface area contributed by atoms with Crippen molar-refractivity contribution in [2.75, 3.05) is 0 Å². The molecule has 2 N–H and O–H groups in total. The normalized spacial score (nSPS) is 13.0. The highest BCUT2D eigenvalue weighted by atomic mass is 32.1. The van der Waals surface area contributed by atoms with E-state index in [2.05, 4.69) is 10.2 Å². The van der Waals surface area contributed by atoms with Crippen molar-refractivity contribution in [3.8, 4) is 10.8 Å². The molecule has 0 fully saturated rings. The summed E-state index contributed by atoms with van der Waals surface area (Å²) in [6.45, 7) is 2.03. The van der Waals surface area contributed by atoms with Gasteiger partial charge in [0.2, 0.25) is 0 Å². The molecule has 0 amide bonds. The minimum absolute atomic E-state index is 0.0411. The summed E-state index contributed by atoms with van der Waals surface area (Å²) in [6, 6.07) is 9.84. The number of nitrogens with two attached hydrogens (primary N) is 1. The van der Waals surface area contributed by atoms with Crippen molar-refractivity contribution < 1.29 is 4.42 Å². The van der Waals surface area contributed by atoms with Gasteiger partial charge in [0.25, 0.3) is 0 Å². The van der Waals surface area contributed by atoms with E-state index in [4.69, 9.17) is 10.2 Å². The molecule has 5 heteroatoms. The van der Waals surface area contributed by atoms with E-state index in [9.17, 15) is 0 Å². The van der Waals surface area contributed by atoms with Crippen LogP contribution in [0.5, 0.6) is 0 Å². The molecule has 0 aliphatic heterocycles. The number of benzene rings is 1. The van der Waals surface area contributed by atoms with Crippen molar-refractivity contribution in [2.45, 2.75) is 19.4 Å². The predicted octanol–water partition coefficient (Wildman–Crippen LogP) is 3.36. The van der Waals surface area contributed by atoms with Crippen molar-refractivity contribution in [1.29, 1.82) is 0 Å². The number of hydrogen-bond acceptors (Lipinski definition) is 5. The van der Waals surface area contributed by atoms with Crippen molar-refractivity contribution in [2.24, 2.45) is 5.73 Å². The Kier molecular flexibility index (Phi) is 2.85. The molecule has 3 rings (SSSR count). The number of nitrogens with zero attached hydrogens (tertiary/aromatic N) is 2. The van der Waals surface area contributed by atoms with E-state index in [1.165, 1.54) is 11.3 Å². The third kappa shape index (κ3) is 1.91. The van der Waals surface area contributed by atoms with E-state index in [0.717, 1.165) is 33.2 Å². The molecule has 4 nitrogen and oxygen atoms in total. The summed E-state index contributed by atoms with van der Waals surface area (Å²) in [4.78, 5) is 0. The molecule has 0 saturated carbocycles. The van der Waals surface area contributed by atoms with Gasteiger partial charge >= 0.3 is 0 Å². The summed E-state index contributed by atoms with van der Waals surface area (Å²) in [6.07, 6.45) is 0.856.